The number of rotatable bonds is 4. The molecule has 21 heavy (non-hydrogen) atoms. The van der Waals surface area contributed by atoms with Gasteiger partial charge in [-0.1, -0.05) is 15.9 Å². The van der Waals surface area contributed by atoms with Crippen molar-refractivity contribution >= 4 is 27.7 Å². The summed E-state index contributed by atoms with van der Waals surface area (Å²) in [5.74, 6) is 0.0912. The summed E-state index contributed by atoms with van der Waals surface area (Å²) in [4.78, 5) is 25.8. The van der Waals surface area contributed by atoms with E-state index in [1.165, 1.54) is 0 Å². The molecule has 2 aliphatic rings. The van der Waals surface area contributed by atoms with Gasteiger partial charge < -0.3 is 4.74 Å². The van der Waals surface area contributed by atoms with Crippen molar-refractivity contribution in [2.45, 2.75) is 37.8 Å². The zero-order valence-electron chi connectivity index (χ0n) is 11.8. The van der Waals surface area contributed by atoms with Crippen molar-refractivity contribution in [1.82, 2.24) is 4.90 Å². The standard InChI is InChI=1S/C16H18BrNO3/c17-12-3-1-11(2-4-12)16(20)21-8-7-18-13-5-6-14(18)10-15(19)9-13/h1-4,13-14H,5-10H2/t13-,14+. The number of ether oxygens (including phenoxy) is 1. The van der Waals surface area contributed by atoms with Crippen LogP contribution >= 0.6 is 15.9 Å². The van der Waals surface area contributed by atoms with Crippen LogP contribution in [-0.4, -0.2) is 41.9 Å². The molecular formula is C16H18BrNO3. The van der Waals surface area contributed by atoms with Crippen LogP contribution in [0, 0.1) is 0 Å². The minimum Gasteiger partial charge on any atom is -0.461 e. The fourth-order valence-corrected chi connectivity index (χ4v) is 3.60. The first kappa shape index (κ1) is 14.7. The van der Waals surface area contributed by atoms with Crippen molar-refractivity contribution in [1.29, 1.82) is 0 Å². The molecular weight excluding hydrogens is 334 g/mol. The molecule has 0 saturated carbocycles. The molecule has 5 heteroatoms. The maximum absolute atomic E-state index is 11.9. The molecule has 4 nitrogen and oxygen atoms in total. The molecule has 0 amide bonds. The number of piperidine rings is 1. The molecule has 0 aromatic heterocycles. The maximum Gasteiger partial charge on any atom is 0.338 e. The summed E-state index contributed by atoms with van der Waals surface area (Å²) in [6.07, 6.45) is 3.52. The van der Waals surface area contributed by atoms with Crippen LogP contribution in [0.1, 0.15) is 36.0 Å². The second-order valence-corrected chi connectivity index (χ2v) is 6.63. The first-order valence-electron chi connectivity index (χ1n) is 7.33. The summed E-state index contributed by atoms with van der Waals surface area (Å²) in [6.45, 7) is 1.11. The molecule has 3 rings (SSSR count). The van der Waals surface area contributed by atoms with Gasteiger partial charge in [0, 0.05) is 35.9 Å². The number of nitrogens with zero attached hydrogens (tertiary/aromatic N) is 1. The second kappa shape index (κ2) is 6.28. The average Bonchev–Trinajstić information content (AvgIpc) is 2.70. The fraction of sp³-hybridized carbons (Fsp3) is 0.500. The molecule has 1 aromatic rings. The SMILES string of the molecule is O=C1C[C@H]2CC[C@@H](C1)N2CCOC(=O)c1ccc(Br)cc1. The Morgan fingerprint density at radius 1 is 1.19 bits per heavy atom. The first-order chi connectivity index (χ1) is 10.1. The van der Waals surface area contributed by atoms with E-state index in [1.807, 2.05) is 12.1 Å². The van der Waals surface area contributed by atoms with E-state index >= 15 is 0 Å². The third-order valence-corrected chi connectivity index (χ3v) is 4.89. The Kier molecular flexibility index (Phi) is 4.40. The quantitative estimate of drug-likeness (QED) is 0.782. The summed E-state index contributed by atoms with van der Waals surface area (Å²) in [5.41, 5.74) is 0.565. The van der Waals surface area contributed by atoms with Gasteiger partial charge in [-0.2, -0.15) is 0 Å². The fourth-order valence-electron chi connectivity index (χ4n) is 3.34. The summed E-state index contributed by atoms with van der Waals surface area (Å²) in [6, 6.07) is 7.87. The summed E-state index contributed by atoms with van der Waals surface area (Å²) < 4.78 is 6.28. The molecule has 2 heterocycles. The molecule has 2 saturated heterocycles. The van der Waals surface area contributed by atoms with Gasteiger partial charge >= 0.3 is 5.97 Å². The predicted molar refractivity (Wildman–Crippen MR) is 82.2 cm³/mol. The van der Waals surface area contributed by atoms with E-state index in [1.54, 1.807) is 12.1 Å². The zero-order valence-corrected chi connectivity index (χ0v) is 13.3. The van der Waals surface area contributed by atoms with E-state index in [2.05, 4.69) is 20.8 Å². The molecule has 0 spiro atoms. The Balaban J connectivity index is 1.49. The normalized spacial score (nSPS) is 25.1. The average molecular weight is 352 g/mol. The smallest absolute Gasteiger partial charge is 0.338 e. The Morgan fingerprint density at radius 2 is 1.81 bits per heavy atom. The van der Waals surface area contributed by atoms with Crippen molar-refractivity contribution < 1.29 is 14.3 Å². The molecule has 2 bridgehead atoms. The van der Waals surface area contributed by atoms with Gasteiger partial charge in [0.05, 0.1) is 5.56 Å². The van der Waals surface area contributed by atoms with E-state index in [9.17, 15) is 9.59 Å². The van der Waals surface area contributed by atoms with Gasteiger partial charge in [0.2, 0.25) is 0 Å². The highest BCUT2D eigenvalue weighted by atomic mass is 79.9. The Hall–Kier alpha value is -1.20. The number of carbonyl (C=O) groups is 2. The summed E-state index contributed by atoms with van der Waals surface area (Å²) in [7, 11) is 0. The molecule has 2 aliphatic heterocycles. The van der Waals surface area contributed by atoms with Gasteiger partial charge in [0.25, 0.3) is 0 Å². The van der Waals surface area contributed by atoms with Gasteiger partial charge in [-0.3, -0.25) is 9.69 Å². The third kappa shape index (κ3) is 3.35. The Morgan fingerprint density at radius 3 is 2.43 bits per heavy atom. The lowest BCUT2D eigenvalue weighted by atomic mass is 10.0. The van der Waals surface area contributed by atoms with Gasteiger partial charge in [-0.05, 0) is 37.1 Å². The molecule has 0 unspecified atom stereocenters. The Labute approximate surface area is 132 Å². The number of fused-ring (bicyclic) bond motifs is 2. The summed E-state index contributed by atoms with van der Waals surface area (Å²) in [5, 5.41) is 0. The highest BCUT2D eigenvalue weighted by Crippen LogP contribution is 2.33. The molecule has 0 aliphatic carbocycles. The predicted octanol–water partition coefficient (Wildman–Crippen LogP) is 2.80. The molecule has 2 atom stereocenters. The van der Waals surface area contributed by atoms with Crippen LogP contribution in [0.5, 0.6) is 0 Å². The maximum atomic E-state index is 11.9. The van der Waals surface area contributed by atoms with Crippen molar-refractivity contribution in [3.63, 3.8) is 0 Å². The molecule has 1 aromatic carbocycles. The van der Waals surface area contributed by atoms with Crippen LogP contribution in [0.25, 0.3) is 0 Å². The minimum absolute atomic E-state index is 0.289. The lowest BCUT2D eigenvalue weighted by Gasteiger charge is -2.33. The van der Waals surface area contributed by atoms with Crippen LogP contribution in [0.2, 0.25) is 0 Å². The number of halogens is 1. The van der Waals surface area contributed by atoms with Gasteiger partial charge in [0.15, 0.2) is 0 Å². The number of Topliss-reactive ketones (excluding diaryl/α,β-unsaturated/α-hetero) is 1. The largest absolute Gasteiger partial charge is 0.461 e. The third-order valence-electron chi connectivity index (χ3n) is 4.36. The van der Waals surface area contributed by atoms with Crippen LogP contribution < -0.4 is 0 Å². The van der Waals surface area contributed by atoms with Crippen LogP contribution in [0.4, 0.5) is 0 Å². The highest BCUT2D eigenvalue weighted by molar-refractivity contribution is 9.10. The number of carbonyl (C=O) groups excluding carboxylic acids is 2. The van der Waals surface area contributed by atoms with Crippen LogP contribution in [-0.2, 0) is 9.53 Å². The highest BCUT2D eigenvalue weighted by Gasteiger charge is 2.39. The molecule has 2 fully saturated rings. The van der Waals surface area contributed by atoms with Gasteiger partial charge in [-0.25, -0.2) is 4.79 Å². The van der Waals surface area contributed by atoms with E-state index in [-0.39, 0.29) is 5.97 Å². The number of hydrogen-bond acceptors (Lipinski definition) is 4. The second-order valence-electron chi connectivity index (χ2n) is 5.71. The number of hydrogen-bond donors (Lipinski definition) is 0. The van der Waals surface area contributed by atoms with Crippen molar-refractivity contribution in [3.8, 4) is 0 Å². The molecule has 112 valence electrons. The lowest BCUT2D eigenvalue weighted by molar-refractivity contribution is -0.123. The minimum atomic E-state index is -0.289. The van der Waals surface area contributed by atoms with Crippen LogP contribution in [0.3, 0.4) is 0 Å². The number of esters is 1. The molecule has 0 radical (unpaired) electrons. The van der Waals surface area contributed by atoms with Crippen molar-refractivity contribution in [2.24, 2.45) is 0 Å². The summed E-state index contributed by atoms with van der Waals surface area (Å²) >= 11 is 3.34. The lowest BCUT2D eigenvalue weighted by Crippen LogP contribution is -2.44. The first-order valence-corrected chi connectivity index (χ1v) is 8.13. The zero-order chi connectivity index (χ0) is 14.8. The van der Waals surface area contributed by atoms with E-state index in [4.69, 9.17) is 4.74 Å². The van der Waals surface area contributed by atoms with Gasteiger partial charge in [0.1, 0.15) is 12.4 Å². The van der Waals surface area contributed by atoms with Crippen molar-refractivity contribution in [3.05, 3.63) is 34.3 Å². The van der Waals surface area contributed by atoms with Crippen LogP contribution in [0.15, 0.2) is 28.7 Å². The van der Waals surface area contributed by atoms with E-state index in [0.29, 0.717) is 42.9 Å². The topological polar surface area (TPSA) is 46.6 Å². The van der Waals surface area contributed by atoms with Gasteiger partial charge in [-0.15, -0.1) is 0 Å². The molecule has 0 N–H and O–H groups in total. The Bertz CT molecular complexity index is 527. The number of ketones is 1. The van der Waals surface area contributed by atoms with E-state index < -0.39 is 0 Å². The monoisotopic (exact) mass is 351 g/mol. The van der Waals surface area contributed by atoms with Crippen molar-refractivity contribution in [2.75, 3.05) is 13.2 Å². The number of benzene rings is 1. The van der Waals surface area contributed by atoms with E-state index in [0.717, 1.165) is 23.9 Å².